The number of nitrogens with two attached hydrogens (primary N) is 1. The van der Waals surface area contributed by atoms with Gasteiger partial charge in [-0.25, -0.2) is 24.7 Å². The number of fused-ring (bicyclic) bond motifs is 2. The maximum atomic E-state index is 13.6. The number of aryl methyl sites for hydroxylation is 1. The molecule has 1 aromatic carbocycles. The number of esters is 1. The molecule has 4 heterocycles. The molecule has 0 spiro atoms. The number of nitrogens with one attached hydrogen (secondary N) is 1. The highest BCUT2D eigenvalue weighted by Crippen LogP contribution is 2.45. The van der Waals surface area contributed by atoms with Crippen molar-refractivity contribution in [2.75, 3.05) is 18.2 Å². The van der Waals surface area contributed by atoms with Crippen molar-refractivity contribution in [1.82, 2.24) is 24.3 Å². The minimum atomic E-state index is -5.71. The number of alkyl halides is 5. The van der Waals surface area contributed by atoms with Crippen molar-refractivity contribution in [3.8, 4) is 11.5 Å². The molecule has 3 N–H and O–H groups in total. The fraction of sp³-hybridized carbons (Fsp3) is 0.280. The number of anilines is 2. The van der Waals surface area contributed by atoms with Crippen molar-refractivity contribution in [3.63, 3.8) is 0 Å². The van der Waals surface area contributed by atoms with Gasteiger partial charge < -0.3 is 20.2 Å². The average molecular weight is 561 g/mol. The summed E-state index contributed by atoms with van der Waals surface area (Å²) < 4.78 is 71.5. The maximum Gasteiger partial charge on any atom is 0.453 e. The number of carbonyl (C=O) groups is 2. The van der Waals surface area contributed by atoms with Gasteiger partial charge in [0.1, 0.15) is 22.7 Å². The molecule has 0 saturated carbocycles. The number of aromatic nitrogens is 5. The summed E-state index contributed by atoms with van der Waals surface area (Å²) in [7, 11) is 1.23. The smallest absolute Gasteiger partial charge is 0.453 e. The highest BCUT2D eigenvalue weighted by atomic mass is 19.4. The number of imidazole rings is 1. The van der Waals surface area contributed by atoms with E-state index in [4.69, 9.17) is 10.5 Å². The molecule has 0 fully saturated rings. The molecule has 10 nitrogen and oxygen atoms in total. The minimum absolute atomic E-state index is 0.000802. The zero-order chi connectivity index (χ0) is 29.0. The van der Waals surface area contributed by atoms with E-state index in [1.54, 1.807) is 19.1 Å². The molecule has 1 aliphatic heterocycles. The third-order valence-corrected chi connectivity index (χ3v) is 6.75. The molecule has 3 aromatic heterocycles. The number of ether oxygens (including phenoxy) is 1. The van der Waals surface area contributed by atoms with E-state index in [-0.39, 0.29) is 45.6 Å². The zero-order valence-corrected chi connectivity index (χ0v) is 20.9. The molecule has 0 bridgehead atoms. The molecule has 0 aliphatic carbocycles. The molecule has 0 saturated heterocycles. The summed E-state index contributed by atoms with van der Waals surface area (Å²) in [6.45, 7) is 1.58. The third kappa shape index (κ3) is 4.26. The van der Waals surface area contributed by atoms with Gasteiger partial charge in [-0.3, -0.25) is 4.79 Å². The predicted molar refractivity (Wildman–Crippen MR) is 131 cm³/mol. The van der Waals surface area contributed by atoms with Crippen molar-refractivity contribution in [2.45, 2.75) is 37.3 Å². The van der Waals surface area contributed by atoms with E-state index in [1.165, 1.54) is 42.2 Å². The molecule has 1 atom stereocenters. The number of hydrogen-bond donors (Lipinski definition) is 2. The van der Waals surface area contributed by atoms with Gasteiger partial charge in [0.25, 0.3) is 0 Å². The lowest BCUT2D eigenvalue weighted by molar-refractivity contribution is -0.284. The zero-order valence-electron chi connectivity index (χ0n) is 20.9. The minimum Gasteiger partial charge on any atom is -0.465 e. The second-order valence-electron chi connectivity index (χ2n) is 9.24. The molecule has 15 heteroatoms. The van der Waals surface area contributed by atoms with E-state index < -0.39 is 42.2 Å². The Morgan fingerprint density at radius 1 is 1.18 bits per heavy atom. The summed E-state index contributed by atoms with van der Waals surface area (Å²) in [6, 6.07) is 6.23. The van der Waals surface area contributed by atoms with Crippen LogP contribution in [-0.4, -0.2) is 55.4 Å². The summed E-state index contributed by atoms with van der Waals surface area (Å²) in [5.74, 6) is -6.20. The van der Waals surface area contributed by atoms with Gasteiger partial charge in [-0.1, -0.05) is 12.1 Å². The summed E-state index contributed by atoms with van der Waals surface area (Å²) in [4.78, 5) is 42.1. The second-order valence-corrected chi connectivity index (χ2v) is 9.24. The van der Waals surface area contributed by atoms with Crippen LogP contribution in [0.15, 0.2) is 42.9 Å². The Balaban J connectivity index is 1.56. The third-order valence-electron chi connectivity index (χ3n) is 6.75. The van der Waals surface area contributed by atoms with Gasteiger partial charge in [0.05, 0.1) is 23.9 Å². The van der Waals surface area contributed by atoms with Crippen LogP contribution in [0.25, 0.3) is 17.2 Å². The molecule has 1 aliphatic rings. The van der Waals surface area contributed by atoms with E-state index in [2.05, 4.69) is 25.3 Å². The van der Waals surface area contributed by atoms with Crippen LogP contribution in [0.1, 0.15) is 40.5 Å². The summed E-state index contributed by atoms with van der Waals surface area (Å²) in [6.07, 6.45) is -3.80. The standard InChI is InChI=1S/C25H20F5N7O3/c1-23(13-5-3-4-12(10-13)21(38)40-2)16-17(31)34-18(35-19(16)36-22(23)39)15-11-37-9-8-32-20(37)14(33-15)6-7-24(26,27)25(28,29)30/h3-5,8-11H,6-7H2,1-2H3,(H3,31,34,35,36,39). The molecular weight excluding hydrogens is 541 g/mol. The highest BCUT2D eigenvalue weighted by Gasteiger charge is 2.56. The lowest BCUT2D eigenvalue weighted by Crippen LogP contribution is -2.36. The van der Waals surface area contributed by atoms with Crippen LogP contribution in [0.4, 0.5) is 33.6 Å². The van der Waals surface area contributed by atoms with Crippen molar-refractivity contribution < 1.29 is 36.3 Å². The van der Waals surface area contributed by atoms with Gasteiger partial charge in [-0.15, -0.1) is 0 Å². The van der Waals surface area contributed by atoms with E-state index in [1.807, 2.05) is 0 Å². The Morgan fingerprint density at radius 2 is 1.93 bits per heavy atom. The Morgan fingerprint density at radius 3 is 2.62 bits per heavy atom. The lowest BCUT2D eigenvalue weighted by atomic mass is 9.77. The number of nitrogen functional groups attached to an aromatic ring is 1. The largest absolute Gasteiger partial charge is 0.465 e. The van der Waals surface area contributed by atoms with Crippen molar-refractivity contribution in [3.05, 3.63) is 65.2 Å². The lowest BCUT2D eigenvalue weighted by Gasteiger charge is -2.24. The average Bonchev–Trinajstić information content (AvgIpc) is 3.48. The van der Waals surface area contributed by atoms with E-state index in [0.29, 0.717) is 5.56 Å². The van der Waals surface area contributed by atoms with Gasteiger partial charge in [0.2, 0.25) is 5.91 Å². The Bertz CT molecular complexity index is 1670. The van der Waals surface area contributed by atoms with Gasteiger partial charge in [0, 0.05) is 25.0 Å². The Kier molecular flexibility index (Phi) is 6.19. The van der Waals surface area contributed by atoms with Crippen LogP contribution in [0.5, 0.6) is 0 Å². The fourth-order valence-corrected chi connectivity index (χ4v) is 4.56. The van der Waals surface area contributed by atoms with Gasteiger partial charge in [-0.05, 0) is 31.0 Å². The summed E-state index contributed by atoms with van der Waals surface area (Å²) in [5.41, 5.74) is 5.72. The number of methoxy groups -OCH3 is 1. The molecular formula is C25H20F5N7O3. The predicted octanol–water partition coefficient (Wildman–Crippen LogP) is 3.94. The number of halogens is 5. The second kappa shape index (κ2) is 9.20. The molecule has 208 valence electrons. The Hall–Kier alpha value is -4.69. The number of nitrogens with zero attached hydrogens (tertiary/aromatic N) is 5. The van der Waals surface area contributed by atoms with Gasteiger partial charge in [-0.2, -0.15) is 22.0 Å². The maximum absolute atomic E-state index is 13.6. The van der Waals surface area contributed by atoms with Crippen LogP contribution in [-0.2, 0) is 21.4 Å². The first-order valence-electron chi connectivity index (χ1n) is 11.7. The van der Waals surface area contributed by atoms with Crippen LogP contribution >= 0.6 is 0 Å². The number of benzene rings is 1. The molecule has 1 amide bonds. The first kappa shape index (κ1) is 26.9. The van der Waals surface area contributed by atoms with Crippen LogP contribution < -0.4 is 11.1 Å². The topological polar surface area (TPSA) is 137 Å². The van der Waals surface area contributed by atoms with Crippen molar-refractivity contribution in [1.29, 1.82) is 0 Å². The molecule has 4 aromatic rings. The molecule has 40 heavy (non-hydrogen) atoms. The highest BCUT2D eigenvalue weighted by molar-refractivity contribution is 6.09. The number of rotatable bonds is 6. The van der Waals surface area contributed by atoms with Crippen LogP contribution in [0, 0.1) is 0 Å². The Labute approximate surface area is 222 Å². The van der Waals surface area contributed by atoms with Gasteiger partial charge >= 0.3 is 18.1 Å². The molecule has 5 rings (SSSR count). The van der Waals surface area contributed by atoms with Gasteiger partial charge in [0.15, 0.2) is 11.5 Å². The van der Waals surface area contributed by atoms with E-state index in [0.717, 1.165) is 0 Å². The number of carbonyl (C=O) groups excluding carboxylic acids is 2. The van der Waals surface area contributed by atoms with E-state index in [9.17, 15) is 31.5 Å². The first-order chi connectivity index (χ1) is 18.8. The SMILES string of the molecule is COC(=O)c1cccc(C2(C)C(=O)Nc3nc(-c4cn5ccnc5c(CCC(F)(F)C(F)(F)F)n4)nc(N)c32)c1. The van der Waals surface area contributed by atoms with E-state index >= 15 is 0 Å². The number of hydrogen-bond acceptors (Lipinski definition) is 8. The fourth-order valence-electron chi connectivity index (χ4n) is 4.56. The monoisotopic (exact) mass is 561 g/mol. The first-order valence-corrected chi connectivity index (χ1v) is 11.7. The molecule has 1 unspecified atom stereocenters. The van der Waals surface area contributed by atoms with Crippen LogP contribution in [0.3, 0.4) is 0 Å². The van der Waals surface area contributed by atoms with Crippen molar-refractivity contribution in [2.24, 2.45) is 0 Å². The van der Waals surface area contributed by atoms with Crippen molar-refractivity contribution >= 4 is 29.2 Å². The number of amides is 1. The summed E-state index contributed by atoms with van der Waals surface area (Å²) in [5, 5.41) is 2.65. The molecule has 0 radical (unpaired) electrons. The quantitative estimate of drug-likeness (QED) is 0.267. The normalized spacial score (nSPS) is 17.1. The summed E-state index contributed by atoms with van der Waals surface area (Å²) >= 11 is 0. The van der Waals surface area contributed by atoms with Crippen LogP contribution in [0.2, 0.25) is 0 Å².